The average Bonchev–Trinajstić information content (AvgIpc) is 3.12. The first-order chi connectivity index (χ1) is 16.9. The number of aryl methyl sites for hydroxylation is 1. The molecule has 4 rings (SSSR count). The minimum absolute atomic E-state index is 0.000719. The van der Waals surface area contributed by atoms with Crippen LogP contribution in [0.1, 0.15) is 86.1 Å². The number of ether oxygens (including phenoxy) is 1. The summed E-state index contributed by atoms with van der Waals surface area (Å²) in [5.74, 6) is -0.199. The number of hydrogen-bond acceptors (Lipinski definition) is 4. The first kappa shape index (κ1) is 26.2. The Morgan fingerprint density at radius 2 is 1.91 bits per heavy atom. The highest BCUT2D eigenvalue weighted by Gasteiger charge is 2.45. The van der Waals surface area contributed by atoms with E-state index in [0.717, 1.165) is 54.4 Å². The van der Waals surface area contributed by atoms with E-state index in [-0.39, 0.29) is 28.6 Å². The summed E-state index contributed by atoms with van der Waals surface area (Å²) in [6, 6.07) is 16.5. The first-order valence-corrected chi connectivity index (χ1v) is 13.5. The van der Waals surface area contributed by atoms with Gasteiger partial charge in [0.25, 0.3) is 0 Å². The second kappa shape index (κ2) is 11.5. The van der Waals surface area contributed by atoms with Gasteiger partial charge in [0.05, 0.1) is 19.3 Å². The van der Waals surface area contributed by atoms with Crippen LogP contribution in [-0.2, 0) is 22.4 Å². The summed E-state index contributed by atoms with van der Waals surface area (Å²) in [4.78, 5) is 11.5. The van der Waals surface area contributed by atoms with E-state index in [9.17, 15) is 15.0 Å². The number of esters is 1. The van der Waals surface area contributed by atoms with Crippen LogP contribution >= 0.6 is 11.6 Å². The normalized spacial score (nSPS) is 26.2. The minimum Gasteiger partial charge on any atom is -0.469 e. The van der Waals surface area contributed by atoms with E-state index in [1.54, 1.807) is 0 Å². The van der Waals surface area contributed by atoms with Gasteiger partial charge in [-0.25, -0.2) is 0 Å². The lowest BCUT2D eigenvalue weighted by Crippen LogP contribution is -2.36. The molecule has 0 amide bonds. The third-order valence-electron chi connectivity index (χ3n) is 8.40. The predicted octanol–water partition coefficient (Wildman–Crippen LogP) is 6.11. The second-order valence-corrected chi connectivity index (χ2v) is 11.2. The fraction of sp³-hybridized carbons (Fsp3) is 0.567. The van der Waals surface area contributed by atoms with E-state index in [1.807, 2.05) is 24.3 Å². The molecule has 4 nitrogen and oxygen atoms in total. The lowest BCUT2D eigenvalue weighted by Gasteiger charge is -2.46. The molecular weight excluding hydrogens is 460 g/mol. The van der Waals surface area contributed by atoms with Crippen LogP contribution in [0, 0.1) is 11.3 Å². The molecule has 0 radical (unpaired) electrons. The van der Waals surface area contributed by atoms with E-state index >= 15 is 0 Å². The molecule has 1 unspecified atom stereocenters. The van der Waals surface area contributed by atoms with Gasteiger partial charge in [-0.05, 0) is 66.7 Å². The SMILES string of the molecule is CCCC1(C(O)c2cccc([C@@H]3[C@@H](Cc4cccc(CCC(=O)OC)c4)[C@H](Cl)C[C@H]3O)c2)CCC1. The van der Waals surface area contributed by atoms with Crippen molar-refractivity contribution in [1.82, 2.24) is 0 Å². The van der Waals surface area contributed by atoms with Gasteiger partial charge in [0.1, 0.15) is 0 Å². The number of alkyl halides is 1. The van der Waals surface area contributed by atoms with E-state index in [2.05, 4.69) is 31.2 Å². The molecule has 35 heavy (non-hydrogen) atoms. The molecule has 5 atom stereocenters. The fourth-order valence-electron chi connectivity index (χ4n) is 6.40. The van der Waals surface area contributed by atoms with Crippen LogP contribution in [0.3, 0.4) is 0 Å². The molecule has 0 aliphatic heterocycles. The predicted molar refractivity (Wildman–Crippen MR) is 140 cm³/mol. The monoisotopic (exact) mass is 498 g/mol. The molecule has 2 fully saturated rings. The van der Waals surface area contributed by atoms with Crippen LogP contribution in [0.2, 0.25) is 0 Å². The van der Waals surface area contributed by atoms with Crippen molar-refractivity contribution in [2.24, 2.45) is 11.3 Å². The van der Waals surface area contributed by atoms with Gasteiger partial charge in [0.2, 0.25) is 0 Å². The molecule has 0 aromatic heterocycles. The summed E-state index contributed by atoms with van der Waals surface area (Å²) in [6.07, 6.45) is 6.81. The Morgan fingerprint density at radius 3 is 2.60 bits per heavy atom. The summed E-state index contributed by atoms with van der Waals surface area (Å²) < 4.78 is 4.77. The van der Waals surface area contributed by atoms with E-state index in [0.29, 0.717) is 19.3 Å². The minimum atomic E-state index is -0.509. The summed E-state index contributed by atoms with van der Waals surface area (Å²) in [5, 5.41) is 22.2. The lowest BCUT2D eigenvalue weighted by atomic mass is 9.61. The smallest absolute Gasteiger partial charge is 0.305 e. The Kier molecular flexibility index (Phi) is 8.57. The molecule has 2 saturated carbocycles. The van der Waals surface area contributed by atoms with Gasteiger partial charge < -0.3 is 14.9 Å². The van der Waals surface area contributed by atoms with Crippen molar-refractivity contribution in [2.75, 3.05) is 7.11 Å². The zero-order valence-corrected chi connectivity index (χ0v) is 21.7. The van der Waals surface area contributed by atoms with Gasteiger partial charge in [-0.15, -0.1) is 11.6 Å². The highest BCUT2D eigenvalue weighted by molar-refractivity contribution is 6.21. The molecule has 5 heteroatoms. The van der Waals surface area contributed by atoms with Crippen LogP contribution in [0.5, 0.6) is 0 Å². The van der Waals surface area contributed by atoms with Crippen molar-refractivity contribution in [3.8, 4) is 0 Å². The third-order valence-corrected chi connectivity index (χ3v) is 8.91. The quantitative estimate of drug-likeness (QED) is 0.306. The maximum absolute atomic E-state index is 11.5. The Bertz CT molecular complexity index is 1000. The van der Waals surface area contributed by atoms with Crippen molar-refractivity contribution in [3.05, 3.63) is 70.8 Å². The van der Waals surface area contributed by atoms with Crippen molar-refractivity contribution in [2.45, 2.75) is 88.2 Å². The molecule has 0 heterocycles. The van der Waals surface area contributed by atoms with Crippen LogP contribution in [0.15, 0.2) is 48.5 Å². The highest BCUT2D eigenvalue weighted by Crippen LogP contribution is 2.54. The van der Waals surface area contributed by atoms with Gasteiger partial charge in [0.15, 0.2) is 0 Å². The number of carbonyl (C=O) groups excluding carboxylic acids is 1. The summed E-state index contributed by atoms with van der Waals surface area (Å²) in [6.45, 7) is 2.19. The fourth-order valence-corrected chi connectivity index (χ4v) is 6.83. The molecule has 2 aromatic rings. The molecule has 2 aliphatic carbocycles. The zero-order chi connectivity index (χ0) is 25.0. The number of carbonyl (C=O) groups is 1. The number of methoxy groups -OCH3 is 1. The van der Waals surface area contributed by atoms with Crippen LogP contribution < -0.4 is 0 Å². The van der Waals surface area contributed by atoms with Crippen molar-refractivity contribution in [3.63, 3.8) is 0 Å². The number of rotatable bonds is 10. The van der Waals surface area contributed by atoms with Gasteiger partial charge in [0, 0.05) is 23.1 Å². The van der Waals surface area contributed by atoms with Gasteiger partial charge >= 0.3 is 5.97 Å². The summed E-state index contributed by atoms with van der Waals surface area (Å²) in [5.41, 5.74) is 4.29. The second-order valence-electron chi connectivity index (χ2n) is 10.6. The molecule has 2 aromatic carbocycles. The van der Waals surface area contributed by atoms with Crippen LogP contribution in [-0.4, -0.2) is 34.8 Å². The van der Waals surface area contributed by atoms with Gasteiger partial charge in [-0.3, -0.25) is 4.79 Å². The molecule has 0 bridgehead atoms. The van der Waals surface area contributed by atoms with Gasteiger partial charge in [-0.2, -0.15) is 0 Å². The maximum atomic E-state index is 11.5. The molecule has 2 N–H and O–H groups in total. The van der Waals surface area contributed by atoms with Crippen LogP contribution in [0.25, 0.3) is 0 Å². The number of benzene rings is 2. The molecule has 0 saturated heterocycles. The Hall–Kier alpha value is -1.88. The molecule has 0 spiro atoms. The summed E-state index contributed by atoms with van der Waals surface area (Å²) in [7, 11) is 1.41. The lowest BCUT2D eigenvalue weighted by molar-refractivity contribution is -0.140. The molecule has 190 valence electrons. The standard InChI is InChI=1S/C30H39ClO4/c1-3-13-30(14-6-15-30)29(34)23-10-5-9-22(18-23)28-24(25(31)19-26(28)32)17-21-8-4-7-20(16-21)11-12-27(33)35-2/h4-5,7-10,16,18,24-26,28-29,32,34H,3,6,11-15,17,19H2,1-2H3/t24-,25+,26+,28+,29?/m0/s1. The first-order valence-electron chi connectivity index (χ1n) is 13.1. The van der Waals surface area contributed by atoms with Gasteiger partial charge in [-0.1, -0.05) is 68.3 Å². The zero-order valence-electron chi connectivity index (χ0n) is 21.0. The Morgan fingerprint density at radius 1 is 1.17 bits per heavy atom. The van der Waals surface area contributed by atoms with E-state index in [1.165, 1.54) is 13.5 Å². The average molecular weight is 499 g/mol. The number of aliphatic hydroxyl groups excluding tert-OH is 2. The summed E-state index contributed by atoms with van der Waals surface area (Å²) >= 11 is 6.81. The van der Waals surface area contributed by atoms with E-state index < -0.39 is 12.2 Å². The highest BCUT2D eigenvalue weighted by atomic mass is 35.5. The van der Waals surface area contributed by atoms with E-state index in [4.69, 9.17) is 16.3 Å². The Labute approximate surface area is 214 Å². The molecule has 2 aliphatic rings. The topological polar surface area (TPSA) is 66.8 Å². The Balaban J connectivity index is 1.54. The third kappa shape index (κ3) is 5.76. The van der Waals surface area contributed by atoms with Crippen LogP contribution in [0.4, 0.5) is 0 Å². The number of aliphatic hydroxyl groups is 2. The van der Waals surface area contributed by atoms with Crippen molar-refractivity contribution >= 4 is 17.6 Å². The molecular formula is C30H39ClO4. The van der Waals surface area contributed by atoms with Crippen molar-refractivity contribution in [1.29, 1.82) is 0 Å². The maximum Gasteiger partial charge on any atom is 0.305 e. The van der Waals surface area contributed by atoms with Crippen molar-refractivity contribution < 1.29 is 19.7 Å². The number of halogens is 1. The largest absolute Gasteiger partial charge is 0.469 e. The number of hydrogen-bond donors (Lipinski definition) is 2.